The highest BCUT2D eigenvalue weighted by atomic mass is 14.9. The molecule has 0 bridgehead atoms. The average molecular weight is 195 g/mol. The minimum atomic E-state index is -0.104. The molecular weight excluding hydrogens is 174 g/mol. The Morgan fingerprint density at radius 2 is 2.07 bits per heavy atom. The number of hydrogen-bond acceptors (Lipinski definition) is 2. The van der Waals surface area contributed by atoms with Crippen molar-refractivity contribution in [1.82, 2.24) is 9.97 Å². The van der Waals surface area contributed by atoms with Crippen molar-refractivity contribution >= 4 is 0 Å². The van der Waals surface area contributed by atoms with Crippen molar-refractivity contribution in [3.05, 3.63) is 17.2 Å². The highest BCUT2D eigenvalue weighted by molar-refractivity contribution is 5.13. The summed E-state index contributed by atoms with van der Waals surface area (Å²) in [6.07, 6.45) is 2.89. The number of nitrogens with one attached hydrogen (secondary N) is 1. The number of aryl methyl sites for hydroxylation is 3. The lowest BCUT2D eigenvalue weighted by molar-refractivity contribution is 0.471. The van der Waals surface area contributed by atoms with Gasteiger partial charge in [-0.05, 0) is 33.6 Å². The van der Waals surface area contributed by atoms with Gasteiger partial charge in [0.2, 0.25) is 0 Å². The lowest BCUT2D eigenvalue weighted by Gasteiger charge is -2.16. The maximum absolute atomic E-state index is 5.92. The fourth-order valence-electron chi connectivity index (χ4n) is 1.47. The minimum absolute atomic E-state index is 0.104. The van der Waals surface area contributed by atoms with E-state index in [4.69, 9.17) is 5.73 Å². The SMILES string of the molecule is CCc1nc(CCC(C)(C)N)[nH]c1C. The summed E-state index contributed by atoms with van der Waals surface area (Å²) in [5.41, 5.74) is 8.18. The van der Waals surface area contributed by atoms with E-state index in [1.165, 1.54) is 11.4 Å². The molecule has 1 heterocycles. The first kappa shape index (κ1) is 11.2. The van der Waals surface area contributed by atoms with Crippen molar-refractivity contribution < 1.29 is 0 Å². The summed E-state index contributed by atoms with van der Waals surface area (Å²) in [4.78, 5) is 7.82. The molecule has 0 saturated heterocycles. The normalized spacial score (nSPS) is 12.1. The summed E-state index contributed by atoms with van der Waals surface area (Å²) < 4.78 is 0. The third-order valence-corrected chi connectivity index (χ3v) is 2.38. The summed E-state index contributed by atoms with van der Waals surface area (Å²) in [6, 6.07) is 0. The molecule has 1 aromatic heterocycles. The Labute approximate surface area is 86.1 Å². The molecule has 0 fully saturated rings. The van der Waals surface area contributed by atoms with Gasteiger partial charge in [-0.25, -0.2) is 4.98 Å². The van der Waals surface area contributed by atoms with Crippen LogP contribution in [0.15, 0.2) is 0 Å². The third kappa shape index (κ3) is 3.14. The van der Waals surface area contributed by atoms with Crippen LogP contribution in [0.4, 0.5) is 0 Å². The summed E-state index contributed by atoms with van der Waals surface area (Å²) >= 11 is 0. The molecule has 0 aliphatic rings. The van der Waals surface area contributed by atoms with Crippen LogP contribution in [0.2, 0.25) is 0 Å². The second-order valence-electron chi connectivity index (χ2n) is 4.60. The minimum Gasteiger partial charge on any atom is -0.346 e. The number of H-pyrrole nitrogens is 1. The Morgan fingerprint density at radius 1 is 1.43 bits per heavy atom. The standard InChI is InChI=1S/C11H21N3/c1-5-9-8(2)13-10(14-9)6-7-11(3,4)12/h5-7,12H2,1-4H3,(H,13,14). The highest BCUT2D eigenvalue weighted by Gasteiger charge is 2.12. The molecule has 0 unspecified atom stereocenters. The number of nitrogens with zero attached hydrogens (tertiary/aromatic N) is 1. The number of aromatic nitrogens is 2. The third-order valence-electron chi connectivity index (χ3n) is 2.38. The first-order valence-corrected chi connectivity index (χ1v) is 5.25. The zero-order valence-corrected chi connectivity index (χ0v) is 9.65. The van der Waals surface area contributed by atoms with Crippen LogP contribution in [0.5, 0.6) is 0 Å². The van der Waals surface area contributed by atoms with Crippen LogP contribution >= 0.6 is 0 Å². The number of aromatic amines is 1. The van der Waals surface area contributed by atoms with Gasteiger partial charge in [0.05, 0.1) is 5.69 Å². The quantitative estimate of drug-likeness (QED) is 0.771. The van der Waals surface area contributed by atoms with Gasteiger partial charge in [0, 0.05) is 17.7 Å². The molecule has 1 rings (SSSR count). The van der Waals surface area contributed by atoms with E-state index in [9.17, 15) is 0 Å². The molecule has 3 heteroatoms. The van der Waals surface area contributed by atoms with Crippen molar-refractivity contribution in [2.45, 2.75) is 52.5 Å². The Morgan fingerprint density at radius 3 is 2.50 bits per heavy atom. The maximum atomic E-state index is 5.92. The summed E-state index contributed by atoms with van der Waals surface area (Å²) in [5.74, 6) is 1.07. The molecule has 1 aromatic rings. The van der Waals surface area contributed by atoms with Gasteiger partial charge in [-0.1, -0.05) is 6.92 Å². The molecule has 3 N–H and O–H groups in total. The van der Waals surface area contributed by atoms with E-state index < -0.39 is 0 Å². The van der Waals surface area contributed by atoms with Crippen LogP contribution in [-0.4, -0.2) is 15.5 Å². The van der Waals surface area contributed by atoms with Crippen molar-refractivity contribution in [3.63, 3.8) is 0 Å². The van der Waals surface area contributed by atoms with Crippen LogP contribution < -0.4 is 5.73 Å². The molecule has 0 atom stereocenters. The number of hydrogen-bond donors (Lipinski definition) is 2. The van der Waals surface area contributed by atoms with Crippen molar-refractivity contribution in [2.75, 3.05) is 0 Å². The second-order valence-corrected chi connectivity index (χ2v) is 4.60. The largest absolute Gasteiger partial charge is 0.346 e. The Balaban J connectivity index is 2.60. The van der Waals surface area contributed by atoms with Crippen molar-refractivity contribution in [1.29, 1.82) is 0 Å². The van der Waals surface area contributed by atoms with Gasteiger partial charge in [0.15, 0.2) is 0 Å². The number of imidazole rings is 1. The van der Waals surface area contributed by atoms with E-state index >= 15 is 0 Å². The molecule has 0 aromatic carbocycles. The first-order valence-electron chi connectivity index (χ1n) is 5.25. The van der Waals surface area contributed by atoms with Gasteiger partial charge >= 0.3 is 0 Å². The smallest absolute Gasteiger partial charge is 0.106 e. The Bertz CT molecular complexity index is 294. The molecular formula is C11H21N3. The summed E-state index contributed by atoms with van der Waals surface area (Å²) in [6.45, 7) is 8.29. The van der Waals surface area contributed by atoms with Gasteiger partial charge in [-0.3, -0.25) is 0 Å². The maximum Gasteiger partial charge on any atom is 0.106 e. The molecule has 0 amide bonds. The van der Waals surface area contributed by atoms with E-state index in [1.807, 2.05) is 13.8 Å². The zero-order valence-electron chi connectivity index (χ0n) is 9.65. The van der Waals surface area contributed by atoms with Gasteiger partial charge in [0.25, 0.3) is 0 Å². The molecule has 0 spiro atoms. The van der Waals surface area contributed by atoms with Crippen LogP contribution in [0.1, 0.15) is 44.4 Å². The molecule has 0 saturated carbocycles. The molecule has 14 heavy (non-hydrogen) atoms. The van der Waals surface area contributed by atoms with E-state index in [0.717, 1.165) is 25.1 Å². The topological polar surface area (TPSA) is 54.7 Å². The van der Waals surface area contributed by atoms with Crippen molar-refractivity contribution in [2.24, 2.45) is 5.73 Å². The van der Waals surface area contributed by atoms with E-state index in [1.54, 1.807) is 0 Å². The van der Waals surface area contributed by atoms with Gasteiger partial charge in [-0.2, -0.15) is 0 Å². The number of nitrogens with two attached hydrogens (primary N) is 1. The predicted molar refractivity (Wildman–Crippen MR) is 59.3 cm³/mol. The van der Waals surface area contributed by atoms with E-state index in [0.29, 0.717) is 0 Å². The van der Waals surface area contributed by atoms with Crippen LogP contribution in [0.25, 0.3) is 0 Å². The average Bonchev–Trinajstić information content (AvgIpc) is 2.42. The monoisotopic (exact) mass is 195 g/mol. The summed E-state index contributed by atoms with van der Waals surface area (Å²) in [7, 11) is 0. The highest BCUT2D eigenvalue weighted by Crippen LogP contribution is 2.11. The zero-order chi connectivity index (χ0) is 10.8. The molecule has 3 nitrogen and oxygen atoms in total. The van der Waals surface area contributed by atoms with Gasteiger partial charge in [0.1, 0.15) is 5.82 Å². The van der Waals surface area contributed by atoms with Gasteiger partial charge < -0.3 is 10.7 Å². The predicted octanol–water partition coefficient (Wildman–Crippen LogP) is 1.95. The van der Waals surface area contributed by atoms with E-state index in [-0.39, 0.29) is 5.54 Å². The van der Waals surface area contributed by atoms with Crippen LogP contribution in [0, 0.1) is 6.92 Å². The van der Waals surface area contributed by atoms with Crippen molar-refractivity contribution in [3.8, 4) is 0 Å². The number of rotatable bonds is 4. The fraction of sp³-hybridized carbons (Fsp3) is 0.727. The first-order chi connectivity index (χ1) is 6.42. The molecule has 0 radical (unpaired) electrons. The molecule has 0 aliphatic heterocycles. The van der Waals surface area contributed by atoms with E-state index in [2.05, 4.69) is 23.8 Å². The fourth-order valence-corrected chi connectivity index (χ4v) is 1.47. The molecule has 0 aliphatic carbocycles. The molecule has 80 valence electrons. The van der Waals surface area contributed by atoms with Crippen LogP contribution in [0.3, 0.4) is 0 Å². The lowest BCUT2D eigenvalue weighted by atomic mass is 10.0. The lowest BCUT2D eigenvalue weighted by Crippen LogP contribution is -2.32. The second kappa shape index (κ2) is 4.13. The van der Waals surface area contributed by atoms with Gasteiger partial charge in [-0.15, -0.1) is 0 Å². The summed E-state index contributed by atoms with van der Waals surface area (Å²) in [5, 5.41) is 0. The van der Waals surface area contributed by atoms with Crippen LogP contribution in [-0.2, 0) is 12.8 Å². The Hall–Kier alpha value is -0.830. The Kier molecular flexibility index (Phi) is 3.32.